The summed E-state index contributed by atoms with van der Waals surface area (Å²) >= 11 is 3.59. The van der Waals surface area contributed by atoms with E-state index in [1.54, 1.807) is 12.1 Å². The second kappa shape index (κ2) is 7.05. The third-order valence-corrected chi connectivity index (χ3v) is 4.09. The van der Waals surface area contributed by atoms with Crippen LogP contribution in [-0.2, 0) is 6.42 Å². The summed E-state index contributed by atoms with van der Waals surface area (Å²) in [6, 6.07) is 13.0. The van der Waals surface area contributed by atoms with Crippen LogP contribution < -0.4 is 10.6 Å². The quantitative estimate of drug-likeness (QED) is 0.851. The first-order valence-electron chi connectivity index (χ1n) is 7.09. The fourth-order valence-corrected chi connectivity index (χ4v) is 2.91. The fraction of sp³-hybridized carbons (Fsp3) is 0.294. The summed E-state index contributed by atoms with van der Waals surface area (Å²) in [5, 5.41) is 0. The van der Waals surface area contributed by atoms with Crippen molar-refractivity contribution in [2.24, 2.45) is 5.73 Å². The molecule has 0 bridgehead atoms. The molecule has 0 radical (unpaired) electrons. The number of anilines is 2. The lowest BCUT2D eigenvalue weighted by atomic mass is 10.1. The summed E-state index contributed by atoms with van der Waals surface area (Å²) in [5.74, 6) is -0.213. The molecular weight excluding hydrogens is 331 g/mol. The Morgan fingerprint density at radius 3 is 2.52 bits per heavy atom. The lowest BCUT2D eigenvalue weighted by molar-refractivity contribution is 0.625. The number of benzene rings is 2. The van der Waals surface area contributed by atoms with Gasteiger partial charge >= 0.3 is 0 Å². The smallest absolute Gasteiger partial charge is 0.146 e. The molecule has 0 fully saturated rings. The fourth-order valence-electron chi connectivity index (χ4n) is 2.38. The van der Waals surface area contributed by atoms with E-state index in [4.69, 9.17) is 5.73 Å². The number of halogens is 2. The molecule has 1 unspecified atom stereocenters. The predicted octanol–water partition coefficient (Wildman–Crippen LogP) is 4.64. The van der Waals surface area contributed by atoms with E-state index in [9.17, 15) is 4.39 Å². The third kappa shape index (κ3) is 3.83. The average molecular weight is 351 g/mol. The van der Waals surface area contributed by atoms with Crippen LogP contribution in [0, 0.1) is 5.82 Å². The van der Waals surface area contributed by atoms with Crippen LogP contribution in [-0.4, -0.2) is 12.6 Å². The van der Waals surface area contributed by atoms with Crippen LogP contribution in [0.5, 0.6) is 0 Å². The van der Waals surface area contributed by atoms with Gasteiger partial charge in [0.25, 0.3) is 0 Å². The highest BCUT2D eigenvalue weighted by Crippen LogP contribution is 2.31. The first-order valence-corrected chi connectivity index (χ1v) is 7.88. The van der Waals surface area contributed by atoms with Gasteiger partial charge in [0, 0.05) is 22.7 Å². The van der Waals surface area contributed by atoms with Crippen LogP contribution >= 0.6 is 15.9 Å². The Hall–Kier alpha value is -1.39. The van der Waals surface area contributed by atoms with E-state index in [1.165, 1.54) is 11.6 Å². The molecular formula is C17H20BrFN2. The van der Waals surface area contributed by atoms with Gasteiger partial charge in [0.15, 0.2) is 0 Å². The zero-order valence-corrected chi connectivity index (χ0v) is 13.9. The molecule has 0 spiro atoms. The Bertz CT molecular complexity index is 613. The molecule has 0 heterocycles. The predicted molar refractivity (Wildman–Crippen MR) is 90.6 cm³/mol. The molecule has 0 amide bonds. The summed E-state index contributed by atoms with van der Waals surface area (Å²) in [7, 11) is 0. The van der Waals surface area contributed by atoms with E-state index in [0.29, 0.717) is 12.2 Å². The highest BCUT2D eigenvalue weighted by molar-refractivity contribution is 9.10. The third-order valence-electron chi connectivity index (χ3n) is 3.35. The van der Waals surface area contributed by atoms with Crippen LogP contribution in [0.4, 0.5) is 15.8 Å². The number of hydrogen-bond donors (Lipinski definition) is 1. The maximum Gasteiger partial charge on any atom is 0.146 e. The minimum absolute atomic E-state index is 0.112. The van der Waals surface area contributed by atoms with Crippen molar-refractivity contribution in [3.05, 3.63) is 58.3 Å². The lowest BCUT2D eigenvalue weighted by Gasteiger charge is -2.24. The molecule has 1 atom stereocenters. The largest absolute Gasteiger partial charge is 0.339 e. The minimum atomic E-state index is -0.213. The van der Waals surface area contributed by atoms with Crippen LogP contribution in [0.1, 0.15) is 19.4 Å². The van der Waals surface area contributed by atoms with Crippen molar-refractivity contribution >= 4 is 27.3 Å². The van der Waals surface area contributed by atoms with E-state index in [-0.39, 0.29) is 11.9 Å². The van der Waals surface area contributed by atoms with Gasteiger partial charge in [0.1, 0.15) is 5.82 Å². The molecule has 2 nitrogen and oxygen atoms in total. The topological polar surface area (TPSA) is 29.3 Å². The Morgan fingerprint density at radius 1 is 1.24 bits per heavy atom. The monoisotopic (exact) mass is 350 g/mol. The summed E-state index contributed by atoms with van der Waals surface area (Å²) in [5.41, 5.74) is 8.56. The highest BCUT2D eigenvalue weighted by atomic mass is 79.9. The van der Waals surface area contributed by atoms with Gasteiger partial charge in [-0.3, -0.25) is 0 Å². The Balaban J connectivity index is 2.36. The van der Waals surface area contributed by atoms with Gasteiger partial charge in [-0.2, -0.15) is 0 Å². The van der Waals surface area contributed by atoms with Gasteiger partial charge in [-0.15, -0.1) is 0 Å². The van der Waals surface area contributed by atoms with E-state index in [2.05, 4.69) is 15.9 Å². The molecule has 0 aliphatic carbocycles. The Morgan fingerprint density at radius 2 is 1.95 bits per heavy atom. The number of nitrogens with zero attached hydrogens (tertiary/aromatic N) is 1. The van der Waals surface area contributed by atoms with Crippen LogP contribution in [0.25, 0.3) is 0 Å². The van der Waals surface area contributed by atoms with Gasteiger partial charge in [-0.05, 0) is 50.1 Å². The molecule has 2 aromatic rings. The summed E-state index contributed by atoms with van der Waals surface area (Å²) in [6.07, 6.45) is 0.812. The van der Waals surface area contributed by atoms with Crippen LogP contribution in [0.2, 0.25) is 0 Å². The van der Waals surface area contributed by atoms with Crippen molar-refractivity contribution in [3.63, 3.8) is 0 Å². The standard InChI is InChI=1S/C17H20BrFN2/c1-3-21(17-7-5-4-6-16(17)19)14-9-8-13(10-12(2)20)15(18)11-14/h4-9,11-12H,3,10,20H2,1-2H3. The maximum atomic E-state index is 14.0. The number of nitrogens with two attached hydrogens (primary N) is 1. The molecule has 2 N–H and O–H groups in total. The lowest BCUT2D eigenvalue weighted by Crippen LogP contribution is -2.19. The first kappa shape index (κ1) is 16.0. The molecule has 0 aliphatic heterocycles. The average Bonchev–Trinajstić information content (AvgIpc) is 2.44. The van der Waals surface area contributed by atoms with Crippen molar-refractivity contribution in [2.45, 2.75) is 26.3 Å². The molecule has 112 valence electrons. The van der Waals surface area contributed by atoms with Crippen molar-refractivity contribution in [1.29, 1.82) is 0 Å². The highest BCUT2D eigenvalue weighted by Gasteiger charge is 2.13. The minimum Gasteiger partial charge on any atom is -0.339 e. The van der Waals surface area contributed by atoms with Gasteiger partial charge in [-0.25, -0.2) is 4.39 Å². The van der Waals surface area contributed by atoms with Gasteiger partial charge < -0.3 is 10.6 Å². The van der Waals surface area contributed by atoms with Gasteiger partial charge in [0.2, 0.25) is 0 Å². The Labute approximate surface area is 133 Å². The van der Waals surface area contributed by atoms with Gasteiger partial charge in [0.05, 0.1) is 5.69 Å². The number of hydrogen-bond acceptors (Lipinski definition) is 2. The molecule has 0 aromatic heterocycles. The zero-order chi connectivity index (χ0) is 15.4. The van der Waals surface area contributed by atoms with E-state index in [0.717, 1.165) is 16.6 Å². The maximum absolute atomic E-state index is 14.0. The molecule has 4 heteroatoms. The number of rotatable bonds is 5. The summed E-state index contributed by atoms with van der Waals surface area (Å²) in [6.45, 7) is 4.69. The molecule has 2 aromatic carbocycles. The molecule has 2 rings (SSSR count). The van der Waals surface area contributed by atoms with E-state index in [1.807, 2.05) is 43.0 Å². The van der Waals surface area contributed by atoms with Crippen molar-refractivity contribution in [3.8, 4) is 0 Å². The van der Waals surface area contributed by atoms with Gasteiger partial charge in [-0.1, -0.05) is 34.1 Å². The van der Waals surface area contributed by atoms with Crippen LogP contribution in [0.3, 0.4) is 0 Å². The molecule has 0 saturated carbocycles. The summed E-state index contributed by atoms with van der Waals surface area (Å²) in [4.78, 5) is 1.95. The number of para-hydroxylation sites is 1. The van der Waals surface area contributed by atoms with Crippen molar-refractivity contribution in [2.75, 3.05) is 11.4 Å². The zero-order valence-electron chi connectivity index (χ0n) is 12.3. The SMILES string of the molecule is CCN(c1ccc(CC(C)N)c(Br)c1)c1ccccc1F. The second-order valence-corrected chi connectivity index (χ2v) is 6.01. The second-order valence-electron chi connectivity index (χ2n) is 5.15. The van der Waals surface area contributed by atoms with E-state index >= 15 is 0 Å². The van der Waals surface area contributed by atoms with E-state index < -0.39 is 0 Å². The summed E-state index contributed by atoms with van der Waals surface area (Å²) < 4.78 is 15.0. The van der Waals surface area contributed by atoms with Crippen LogP contribution in [0.15, 0.2) is 46.9 Å². The van der Waals surface area contributed by atoms with Crippen molar-refractivity contribution < 1.29 is 4.39 Å². The normalized spacial score (nSPS) is 12.2. The van der Waals surface area contributed by atoms with Crippen molar-refractivity contribution in [1.82, 2.24) is 0 Å². The molecule has 21 heavy (non-hydrogen) atoms. The first-order chi connectivity index (χ1) is 10.0. The Kier molecular flexibility index (Phi) is 5.37. The molecule has 0 aliphatic rings. The molecule has 0 saturated heterocycles.